The number of carboxylic acid groups (broad SMARTS) is 3. The highest BCUT2D eigenvalue weighted by Crippen LogP contribution is 2.20. The van der Waals surface area contributed by atoms with Gasteiger partial charge in [0.15, 0.2) is 0 Å². The highest BCUT2D eigenvalue weighted by atomic mass is 16.4. The molecule has 2 aromatic rings. The molecule has 9 heteroatoms. The Labute approximate surface area is 185 Å². The highest BCUT2D eigenvalue weighted by molar-refractivity contribution is 5.84. The molecule has 0 aliphatic rings. The van der Waals surface area contributed by atoms with Gasteiger partial charge in [-0.25, -0.2) is 4.79 Å². The zero-order valence-corrected chi connectivity index (χ0v) is 17.6. The van der Waals surface area contributed by atoms with Crippen LogP contribution < -0.4 is 5.32 Å². The summed E-state index contributed by atoms with van der Waals surface area (Å²) in [6.45, 7) is -0.0670. The first kappa shape index (κ1) is 24.4. The number of nitrogens with zero attached hydrogens (tertiary/aromatic N) is 1. The fourth-order valence-corrected chi connectivity index (χ4v) is 3.26. The molecular formula is C23H26N2O7. The summed E-state index contributed by atoms with van der Waals surface area (Å²) in [6, 6.07) is 15.8. The predicted octanol–water partition coefficient (Wildman–Crippen LogP) is 2.56. The van der Waals surface area contributed by atoms with E-state index in [-0.39, 0.29) is 6.42 Å². The molecule has 0 heterocycles. The molecule has 2 rings (SSSR count). The van der Waals surface area contributed by atoms with Crippen LogP contribution in [0.1, 0.15) is 18.9 Å². The van der Waals surface area contributed by atoms with E-state index in [9.17, 15) is 24.3 Å². The number of carbonyl (C=O) groups excluding carboxylic acids is 1. The van der Waals surface area contributed by atoms with Gasteiger partial charge in [0.1, 0.15) is 13.1 Å². The Kier molecular flexibility index (Phi) is 8.76. The lowest BCUT2D eigenvalue weighted by Crippen LogP contribution is -2.49. The molecule has 170 valence electrons. The van der Waals surface area contributed by atoms with Crippen molar-refractivity contribution in [2.24, 2.45) is 5.92 Å². The van der Waals surface area contributed by atoms with Crippen LogP contribution in [0.25, 0.3) is 11.1 Å². The van der Waals surface area contributed by atoms with Crippen LogP contribution in [0.2, 0.25) is 0 Å². The van der Waals surface area contributed by atoms with Gasteiger partial charge in [-0.05, 0) is 29.5 Å². The average molecular weight is 442 g/mol. The first-order valence-corrected chi connectivity index (χ1v) is 10.0. The second-order valence-electron chi connectivity index (χ2n) is 7.53. The first-order chi connectivity index (χ1) is 15.2. The van der Waals surface area contributed by atoms with E-state index < -0.39 is 49.0 Å². The van der Waals surface area contributed by atoms with Crippen LogP contribution in [0.15, 0.2) is 54.6 Å². The van der Waals surface area contributed by atoms with E-state index in [2.05, 4.69) is 5.32 Å². The van der Waals surface area contributed by atoms with Crippen LogP contribution >= 0.6 is 0 Å². The molecule has 0 aromatic heterocycles. The summed E-state index contributed by atoms with van der Waals surface area (Å²) in [4.78, 5) is 46.5. The molecule has 0 radical (unpaired) electrons. The fraction of sp³-hybridized carbons (Fsp3) is 0.304. The van der Waals surface area contributed by atoms with E-state index >= 15 is 0 Å². The van der Waals surface area contributed by atoms with Crippen LogP contribution in [-0.4, -0.2) is 63.3 Å². The summed E-state index contributed by atoms with van der Waals surface area (Å²) < 4.78 is 0. The van der Waals surface area contributed by atoms with Crippen LogP contribution in [-0.2, 0) is 20.8 Å². The lowest BCUT2D eigenvalue weighted by Gasteiger charge is -2.25. The molecule has 0 spiro atoms. The van der Waals surface area contributed by atoms with E-state index in [1.54, 1.807) is 0 Å². The number of benzene rings is 2. The normalized spacial score (nSPS) is 12.4. The highest BCUT2D eigenvalue weighted by Gasteiger charge is 2.25. The molecule has 32 heavy (non-hydrogen) atoms. The summed E-state index contributed by atoms with van der Waals surface area (Å²) in [7, 11) is 0. The van der Waals surface area contributed by atoms with Gasteiger partial charge in [-0.15, -0.1) is 0 Å². The summed E-state index contributed by atoms with van der Waals surface area (Å²) in [5.41, 5.74) is 2.89. The molecule has 2 atom stereocenters. The number of hydrogen-bond donors (Lipinski definition) is 4. The molecule has 0 aliphatic heterocycles. The monoisotopic (exact) mass is 442 g/mol. The maximum atomic E-state index is 12.5. The lowest BCUT2D eigenvalue weighted by atomic mass is 9.95. The molecule has 2 amide bonds. The summed E-state index contributed by atoms with van der Waals surface area (Å²) in [6.07, 6.45) is 0.391. The largest absolute Gasteiger partial charge is 0.481 e. The summed E-state index contributed by atoms with van der Waals surface area (Å²) >= 11 is 0. The molecule has 0 aliphatic carbocycles. The third-order valence-electron chi connectivity index (χ3n) is 4.87. The van der Waals surface area contributed by atoms with E-state index in [0.29, 0.717) is 11.3 Å². The molecule has 0 saturated carbocycles. The second kappa shape index (κ2) is 11.5. The minimum Gasteiger partial charge on any atom is -0.481 e. The number of aliphatic carboxylic acids is 3. The molecule has 0 fully saturated rings. The van der Waals surface area contributed by atoms with Gasteiger partial charge >= 0.3 is 23.9 Å². The van der Waals surface area contributed by atoms with Crippen molar-refractivity contribution in [3.63, 3.8) is 0 Å². The van der Waals surface area contributed by atoms with Crippen molar-refractivity contribution in [1.29, 1.82) is 0 Å². The topological polar surface area (TPSA) is 144 Å². The lowest BCUT2D eigenvalue weighted by molar-refractivity contribution is -0.142. The minimum absolute atomic E-state index is 0.0928. The van der Waals surface area contributed by atoms with E-state index in [1.165, 1.54) is 6.92 Å². The molecule has 9 nitrogen and oxygen atoms in total. The predicted molar refractivity (Wildman–Crippen MR) is 116 cm³/mol. The first-order valence-electron chi connectivity index (χ1n) is 10.0. The van der Waals surface area contributed by atoms with E-state index in [1.807, 2.05) is 54.6 Å². The minimum atomic E-state index is -1.35. The Morgan fingerprint density at radius 2 is 1.38 bits per heavy atom. The van der Waals surface area contributed by atoms with Gasteiger partial charge in [0.2, 0.25) is 0 Å². The van der Waals surface area contributed by atoms with Gasteiger partial charge in [-0.1, -0.05) is 61.5 Å². The van der Waals surface area contributed by atoms with Crippen molar-refractivity contribution in [3.05, 3.63) is 60.2 Å². The van der Waals surface area contributed by atoms with Gasteiger partial charge in [-0.3, -0.25) is 14.4 Å². The molecule has 1 unspecified atom stereocenters. The van der Waals surface area contributed by atoms with Gasteiger partial charge < -0.3 is 25.5 Å². The van der Waals surface area contributed by atoms with Crippen molar-refractivity contribution >= 4 is 23.9 Å². The van der Waals surface area contributed by atoms with Crippen molar-refractivity contribution in [1.82, 2.24) is 10.2 Å². The quantitative estimate of drug-likeness (QED) is 0.418. The SMILES string of the molecule is C[C@H](CC(Cc1ccc(-c2ccccc2)cc1)NC(=O)N(CC(=O)O)CC(=O)O)C(=O)O. The van der Waals surface area contributed by atoms with E-state index in [4.69, 9.17) is 10.2 Å². The van der Waals surface area contributed by atoms with Gasteiger partial charge in [0, 0.05) is 6.04 Å². The third-order valence-corrected chi connectivity index (χ3v) is 4.87. The van der Waals surface area contributed by atoms with Crippen molar-refractivity contribution < 1.29 is 34.5 Å². The third kappa shape index (κ3) is 7.75. The Bertz CT molecular complexity index is 929. The summed E-state index contributed by atoms with van der Waals surface area (Å²) in [5.74, 6) is -4.50. The van der Waals surface area contributed by atoms with Crippen LogP contribution in [0.5, 0.6) is 0 Å². The standard InChI is InChI=1S/C23H26N2O7/c1-15(22(30)31)11-19(24-23(32)25(13-20(26)27)14-21(28)29)12-16-7-9-18(10-8-16)17-5-3-2-4-6-17/h2-10,15,19H,11-14H2,1H3,(H,24,32)(H,26,27)(H,28,29)(H,30,31)/t15-,19?/m1/s1. The maximum Gasteiger partial charge on any atom is 0.323 e. The number of carboxylic acids is 3. The zero-order chi connectivity index (χ0) is 23.7. The van der Waals surface area contributed by atoms with Gasteiger partial charge in [0.25, 0.3) is 0 Å². The number of nitrogens with one attached hydrogen (secondary N) is 1. The number of hydrogen-bond acceptors (Lipinski definition) is 4. The Morgan fingerprint density at radius 1 is 0.844 bits per heavy atom. The molecule has 0 bridgehead atoms. The molecule has 2 aromatic carbocycles. The number of urea groups is 1. The van der Waals surface area contributed by atoms with Crippen molar-refractivity contribution in [3.8, 4) is 11.1 Å². The molecular weight excluding hydrogens is 416 g/mol. The number of amides is 2. The number of rotatable bonds is 11. The maximum absolute atomic E-state index is 12.5. The average Bonchev–Trinajstić information content (AvgIpc) is 2.73. The van der Waals surface area contributed by atoms with Crippen molar-refractivity contribution in [2.45, 2.75) is 25.8 Å². The van der Waals surface area contributed by atoms with Gasteiger partial charge in [-0.2, -0.15) is 0 Å². The van der Waals surface area contributed by atoms with Gasteiger partial charge in [0.05, 0.1) is 5.92 Å². The summed E-state index contributed by atoms with van der Waals surface area (Å²) in [5, 5.41) is 29.8. The van der Waals surface area contributed by atoms with Crippen molar-refractivity contribution in [2.75, 3.05) is 13.1 Å². The Morgan fingerprint density at radius 3 is 1.88 bits per heavy atom. The van der Waals surface area contributed by atoms with Crippen LogP contribution in [0.4, 0.5) is 4.79 Å². The fourth-order valence-electron chi connectivity index (χ4n) is 3.26. The smallest absolute Gasteiger partial charge is 0.323 e. The molecule has 0 saturated heterocycles. The second-order valence-corrected chi connectivity index (χ2v) is 7.53. The number of carbonyl (C=O) groups is 4. The zero-order valence-electron chi connectivity index (χ0n) is 17.6. The molecule has 4 N–H and O–H groups in total. The Hall–Kier alpha value is -3.88. The Balaban J connectivity index is 2.17. The van der Waals surface area contributed by atoms with Crippen LogP contribution in [0, 0.1) is 5.92 Å². The van der Waals surface area contributed by atoms with Crippen LogP contribution in [0.3, 0.4) is 0 Å². The van der Waals surface area contributed by atoms with E-state index in [0.717, 1.165) is 16.7 Å².